The first-order valence-corrected chi connectivity index (χ1v) is 5.23. The topological polar surface area (TPSA) is 37.4 Å². The molecule has 0 radical (unpaired) electrons. The molecule has 0 amide bonds. The molecule has 1 aromatic rings. The van der Waals surface area contributed by atoms with Crippen LogP contribution in [-0.2, 0) is 0 Å². The van der Waals surface area contributed by atoms with Gasteiger partial charge >= 0.3 is 5.69 Å². The van der Waals surface area contributed by atoms with Crippen molar-refractivity contribution in [1.29, 1.82) is 5.39 Å². The van der Waals surface area contributed by atoms with Gasteiger partial charge in [0.1, 0.15) is 9.32 Å². The fourth-order valence-corrected chi connectivity index (χ4v) is 2.61. The number of benzene rings is 1. The van der Waals surface area contributed by atoms with Crippen molar-refractivity contribution in [2.45, 2.75) is 0 Å². The number of diazo groups is 1. The first kappa shape index (κ1) is 9.98. The molecule has 0 bridgehead atoms. The van der Waals surface area contributed by atoms with Crippen LogP contribution in [0.25, 0.3) is 4.98 Å². The molecule has 0 saturated heterocycles. The fourth-order valence-electron chi connectivity index (χ4n) is 0.751. The number of methoxy groups -OCH3 is 1. The molecule has 0 aliphatic heterocycles. The third-order valence-electron chi connectivity index (χ3n) is 1.33. The number of ether oxygens (including phenoxy) is 1. The van der Waals surface area contributed by atoms with Crippen molar-refractivity contribution in [2.75, 3.05) is 7.11 Å². The molecule has 1 aromatic carbocycles. The monoisotopic (exact) mass is 387 g/mol. The normalized spacial score (nSPS) is 9.17. The van der Waals surface area contributed by atoms with Gasteiger partial charge in [0.2, 0.25) is 5.39 Å². The summed E-state index contributed by atoms with van der Waals surface area (Å²) < 4.78 is 6.97. The highest BCUT2D eigenvalue weighted by molar-refractivity contribution is 14.1. The number of halogens is 2. The lowest BCUT2D eigenvalue weighted by Gasteiger charge is -1.99. The van der Waals surface area contributed by atoms with Crippen molar-refractivity contribution in [3.63, 3.8) is 0 Å². The van der Waals surface area contributed by atoms with Gasteiger partial charge in [-0.05, 0) is 51.2 Å². The first-order chi connectivity index (χ1) is 5.69. The third-order valence-corrected chi connectivity index (χ3v) is 3.04. The minimum absolute atomic E-state index is 0.535. The van der Waals surface area contributed by atoms with Crippen molar-refractivity contribution in [3.8, 4) is 5.75 Å². The summed E-state index contributed by atoms with van der Waals surface area (Å²) in [5.74, 6) is 0.726. The Morgan fingerprint density at radius 2 is 2.00 bits per heavy atom. The summed E-state index contributed by atoms with van der Waals surface area (Å²) in [5.41, 5.74) is 0.535. The lowest BCUT2D eigenvalue weighted by Crippen LogP contribution is -1.87. The molecule has 0 aromatic heterocycles. The van der Waals surface area contributed by atoms with E-state index >= 15 is 0 Å². The molecule has 0 N–H and O–H groups in total. The molecule has 5 heteroatoms. The molecule has 0 saturated carbocycles. The number of hydrogen-bond acceptors (Lipinski definition) is 2. The van der Waals surface area contributed by atoms with Crippen LogP contribution in [-0.4, -0.2) is 7.11 Å². The van der Waals surface area contributed by atoms with E-state index in [1.54, 1.807) is 13.2 Å². The zero-order chi connectivity index (χ0) is 9.14. The van der Waals surface area contributed by atoms with E-state index in [4.69, 9.17) is 10.1 Å². The minimum atomic E-state index is 0.535. The molecule has 0 atom stereocenters. The Hall–Kier alpha value is -0.100. The third kappa shape index (κ3) is 1.98. The van der Waals surface area contributed by atoms with E-state index in [0.717, 1.165) is 12.9 Å². The van der Waals surface area contributed by atoms with Gasteiger partial charge in [-0.15, -0.1) is 0 Å². The Labute approximate surface area is 97.4 Å². The van der Waals surface area contributed by atoms with Gasteiger partial charge in [-0.2, -0.15) is 0 Å². The van der Waals surface area contributed by atoms with E-state index in [0.29, 0.717) is 5.69 Å². The maximum absolute atomic E-state index is 8.59. The van der Waals surface area contributed by atoms with Crippen LogP contribution in [0.5, 0.6) is 5.75 Å². The zero-order valence-corrected chi connectivity index (χ0v) is 10.5. The predicted molar refractivity (Wildman–Crippen MR) is 63.2 cm³/mol. The van der Waals surface area contributed by atoms with Crippen LogP contribution >= 0.6 is 45.2 Å². The Kier molecular flexibility index (Phi) is 3.52. The summed E-state index contributed by atoms with van der Waals surface area (Å²) in [7, 11) is 1.59. The quantitative estimate of drug-likeness (QED) is 0.548. The van der Waals surface area contributed by atoms with E-state index < -0.39 is 0 Å². The van der Waals surface area contributed by atoms with Gasteiger partial charge in [0.25, 0.3) is 0 Å². The molecule has 0 heterocycles. The standard InChI is InChI=1S/C7H5I2N2O/c1-12-7-3-6(11-10)4(8)2-5(7)9/h2-3H,1H3/q+1. The highest BCUT2D eigenvalue weighted by Gasteiger charge is 2.15. The van der Waals surface area contributed by atoms with Gasteiger partial charge in [-0.1, -0.05) is 0 Å². The Balaban J connectivity index is 3.30. The molecule has 0 spiro atoms. The molecule has 62 valence electrons. The molecule has 0 fully saturated rings. The molecule has 0 aliphatic rings. The van der Waals surface area contributed by atoms with Crippen molar-refractivity contribution < 1.29 is 4.74 Å². The second-order valence-corrected chi connectivity index (χ2v) is 4.36. The smallest absolute Gasteiger partial charge is 0.401 e. The second kappa shape index (κ2) is 4.23. The summed E-state index contributed by atoms with van der Waals surface area (Å²) >= 11 is 4.27. The SMILES string of the molecule is COc1cc([N+]#N)c(I)cc1I. The summed E-state index contributed by atoms with van der Waals surface area (Å²) in [6.45, 7) is 0. The van der Waals surface area contributed by atoms with E-state index in [2.05, 4.69) is 50.2 Å². The fraction of sp³-hybridized carbons (Fsp3) is 0.143. The lowest BCUT2D eigenvalue weighted by molar-refractivity contribution is 0.412. The van der Waals surface area contributed by atoms with Crippen LogP contribution in [0.15, 0.2) is 12.1 Å². The van der Waals surface area contributed by atoms with E-state index in [1.807, 2.05) is 6.07 Å². The zero-order valence-electron chi connectivity index (χ0n) is 6.21. The Morgan fingerprint density at radius 3 is 2.50 bits per heavy atom. The minimum Gasteiger partial charge on any atom is -0.495 e. The van der Waals surface area contributed by atoms with Gasteiger partial charge in [-0.3, -0.25) is 0 Å². The first-order valence-electron chi connectivity index (χ1n) is 3.07. The van der Waals surface area contributed by atoms with Crippen LogP contribution in [0.1, 0.15) is 0 Å². The number of nitrogens with zero attached hydrogens (tertiary/aromatic N) is 2. The predicted octanol–water partition coefficient (Wildman–Crippen LogP) is 3.39. The van der Waals surface area contributed by atoms with E-state index in [-0.39, 0.29) is 0 Å². The van der Waals surface area contributed by atoms with E-state index in [9.17, 15) is 0 Å². The van der Waals surface area contributed by atoms with Crippen molar-refractivity contribution >= 4 is 50.9 Å². The van der Waals surface area contributed by atoms with Gasteiger partial charge < -0.3 is 4.74 Å². The number of rotatable bonds is 1. The Bertz CT molecular complexity index is 346. The van der Waals surface area contributed by atoms with Crippen LogP contribution in [0.2, 0.25) is 0 Å². The summed E-state index contributed by atoms with van der Waals surface area (Å²) in [5, 5.41) is 8.59. The van der Waals surface area contributed by atoms with E-state index in [1.165, 1.54) is 0 Å². The average molecular weight is 387 g/mol. The van der Waals surface area contributed by atoms with Gasteiger partial charge in [0.15, 0.2) is 4.98 Å². The Morgan fingerprint density at radius 1 is 1.33 bits per heavy atom. The summed E-state index contributed by atoms with van der Waals surface area (Å²) in [6, 6.07) is 3.60. The van der Waals surface area contributed by atoms with Crippen LogP contribution < -0.4 is 4.74 Å². The highest BCUT2D eigenvalue weighted by Crippen LogP contribution is 2.31. The van der Waals surface area contributed by atoms with Gasteiger partial charge in [0, 0.05) is 0 Å². The molecule has 0 unspecified atom stereocenters. The average Bonchev–Trinajstić information content (AvgIpc) is 2.05. The van der Waals surface area contributed by atoms with Gasteiger partial charge in [-0.25, -0.2) is 0 Å². The lowest BCUT2D eigenvalue weighted by atomic mass is 10.3. The summed E-state index contributed by atoms with van der Waals surface area (Å²) in [4.78, 5) is 3.13. The maximum Gasteiger partial charge on any atom is 0.401 e. The maximum atomic E-state index is 8.59. The molecular formula is C7H5I2N2O+. The number of hydrogen-bond donors (Lipinski definition) is 0. The summed E-state index contributed by atoms with van der Waals surface area (Å²) in [6.07, 6.45) is 0. The van der Waals surface area contributed by atoms with Crippen molar-refractivity contribution in [1.82, 2.24) is 0 Å². The van der Waals surface area contributed by atoms with Gasteiger partial charge in [0.05, 0.1) is 16.7 Å². The van der Waals surface area contributed by atoms with Crippen LogP contribution in [0.4, 0.5) is 5.69 Å². The van der Waals surface area contributed by atoms with Crippen molar-refractivity contribution in [3.05, 3.63) is 24.2 Å². The van der Waals surface area contributed by atoms with Crippen molar-refractivity contribution in [2.24, 2.45) is 0 Å². The molecule has 1 rings (SSSR count). The molecule has 3 nitrogen and oxygen atoms in total. The van der Waals surface area contributed by atoms with Crippen LogP contribution in [0, 0.1) is 12.5 Å². The molecule has 0 aliphatic carbocycles. The highest BCUT2D eigenvalue weighted by atomic mass is 127. The molecule has 12 heavy (non-hydrogen) atoms. The van der Waals surface area contributed by atoms with Crippen LogP contribution in [0.3, 0.4) is 0 Å². The molecular weight excluding hydrogens is 382 g/mol. The second-order valence-electron chi connectivity index (χ2n) is 2.04. The largest absolute Gasteiger partial charge is 0.495 e.